The Hall–Kier alpha value is -4.19. The van der Waals surface area contributed by atoms with Gasteiger partial charge in [-0.3, -0.25) is 0 Å². The van der Waals surface area contributed by atoms with E-state index in [0.717, 1.165) is 5.56 Å². The molecule has 0 atom stereocenters. The van der Waals surface area contributed by atoms with E-state index < -0.39 is 11.9 Å². The number of hydrogen-bond donors (Lipinski definition) is 0. The second-order valence-electron chi connectivity index (χ2n) is 5.98. The third kappa shape index (κ3) is 10.0. The smallest absolute Gasteiger partial charge is 0.339 e. The van der Waals surface area contributed by atoms with Crippen LogP contribution in [0.5, 0.6) is 0 Å². The Bertz CT molecular complexity index is 901. The molecule has 0 amide bonds. The number of rotatable bonds is 10. The van der Waals surface area contributed by atoms with Gasteiger partial charge in [0, 0.05) is 6.08 Å². The minimum Gasteiger partial charge on any atom is -0.458 e. The summed E-state index contributed by atoms with van der Waals surface area (Å²) < 4.78 is 14.5. The van der Waals surface area contributed by atoms with E-state index in [4.69, 9.17) is 14.2 Å². The van der Waals surface area contributed by atoms with Gasteiger partial charge in [0.05, 0.1) is 11.1 Å². The van der Waals surface area contributed by atoms with Crippen LogP contribution >= 0.6 is 0 Å². The first kappa shape index (κ1) is 25.8. The molecular weight excluding hydrogens is 408 g/mol. The van der Waals surface area contributed by atoms with E-state index in [1.165, 1.54) is 36.4 Å². The van der Waals surface area contributed by atoms with Gasteiger partial charge in [0.2, 0.25) is 0 Å². The molecule has 0 bridgehead atoms. The monoisotopic (exact) mass is 434 g/mol. The molecule has 0 saturated carbocycles. The van der Waals surface area contributed by atoms with Gasteiger partial charge in [-0.2, -0.15) is 0 Å². The summed E-state index contributed by atoms with van der Waals surface area (Å²) in [7, 11) is 0. The van der Waals surface area contributed by atoms with Crippen molar-refractivity contribution >= 4 is 24.0 Å². The van der Waals surface area contributed by atoms with Crippen molar-refractivity contribution in [3.63, 3.8) is 0 Å². The highest BCUT2D eigenvalue weighted by atomic mass is 16.5. The van der Waals surface area contributed by atoms with Gasteiger partial charge < -0.3 is 14.2 Å². The number of esters is 3. The molecular formula is C26H26O6. The van der Waals surface area contributed by atoms with Gasteiger partial charge in [-0.15, -0.1) is 0 Å². The Morgan fingerprint density at radius 1 is 0.656 bits per heavy atom. The van der Waals surface area contributed by atoms with Gasteiger partial charge in [0.15, 0.2) is 0 Å². The summed E-state index contributed by atoms with van der Waals surface area (Å²) in [6.45, 7) is 10.8. The minimum absolute atomic E-state index is 0.0921. The highest BCUT2D eigenvalue weighted by Gasteiger charge is 2.18. The summed E-state index contributed by atoms with van der Waals surface area (Å²) >= 11 is 0. The predicted octanol–water partition coefficient (Wildman–Crippen LogP) is 4.80. The molecule has 0 spiro atoms. The lowest BCUT2D eigenvalue weighted by Gasteiger charge is -2.07. The topological polar surface area (TPSA) is 78.9 Å². The van der Waals surface area contributed by atoms with E-state index in [0.29, 0.717) is 0 Å². The van der Waals surface area contributed by atoms with Gasteiger partial charge in [-0.25, -0.2) is 14.4 Å². The fourth-order valence-electron chi connectivity index (χ4n) is 2.18. The zero-order valence-corrected chi connectivity index (χ0v) is 17.8. The summed E-state index contributed by atoms with van der Waals surface area (Å²) in [4.78, 5) is 34.4. The molecule has 0 saturated heterocycles. The highest BCUT2D eigenvalue weighted by Crippen LogP contribution is 2.12. The predicted molar refractivity (Wildman–Crippen MR) is 124 cm³/mol. The maximum atomic E-state index is 11.7. The summed E-state index contributed by atoms with van der Waals surface area (Å²) in [6.07, 6.45) is 7.56. The molecule has 0 aliphatic heterocycles. The van der Waals surface area contributed by atoms with E-state index >= 15 is 0 Å². The molecule has 0 aromatic heterocycles. The maximum Gasteiger partial charge on any atom is 0.339 e. The number of carbonyl (C=O) groups is 3. The molecule has 0 unspecified atom stereocenters. The molecule has 2 rings (SSSR count). The van der Waals surface area contributed by atoms with Crippen molar-refractivity contribution in [1.82, 2.24) is 0 Å². The van der Waals surface area contributed by atoms with E-state index in [1.54, 1.807) is 18.2 Å². The summed E-state index contributed by atoms with van der Waals surface area (Å²) in [5.41, 5.74) is 1.32. The number of hydrogen-bond acceptors (Lipinski definition) is 6. The van der Waals surface area contributed by atoms with Gasteiger partial charge >= 0.3 is 17.9 Å². The Balaban J connectivity index is 0.000000330. The van der Waals surface area contributed by atoms with Crippen LogP contribution in [0.25, 0.3) is 6.08 Å². The van der Waals surface area contributed by atoms with Crippen molar-refractivity contribution in [3.8, 4) is 0 Å². The number of carbonyl (C=O) groups excluding carboxylic acids is 3. The minimum atomic E-state index is -0.582. The number of benzene rings is 2. The summed E-state index contributed by atoms with van der Waals surface area (Å²) in [5, 5.41) is 0. The van der Waals surface area contributed by atoms with Gasteiger partial charge in [-0.1, -0.05) is 80.4 Å². The standard InChI is InChI=1S/C14H14O4.C12H12O2/c1-3-9-17-13(15)11-7-5-6-8-12(11)14(16)18-10-4-2;1-2-10-14-12(13)9-8-11-6-4-3-5-7-11/h3-8H,1-2,9-10H2;2-9H,1,10H2/b;9-8+. The molecule has 0 radical (unpaired) electrons. The fourth-order valence-corrected chi connectivity index (χ4v) is 2.18. The average Bonchev–Trinajstić information content (AvgIpc) is 2.84. The van der Waals surface area contributed by atoms with Crippen molar-refractivity contribution in [2.24, 2.45) is 0 Å². The lowest BCUT2D eigenvalue weighted by molar-refractivity contribution is -0.136. The van der Waals surface area contributed by atoms with Gasteiger partial charge in [0.25, 0.3) is 0 Å². The van der Waals surface area contributed by atoms with Crippen molar-refractivity contribution in [2.45, 2.75) is 0 Å². The van der Waals surface area contributed by atoms with Crippen molar-refractivity contribution in [3.05, 3.63) is 115 Å². The number of ether oxygens (including phenoxy) is 3. The Morgan fingerprint density at radius 3 is 1.56 bits per heavy atom. The molecule has 6 nitrogen and oxygen atoms in total. The van der Waals surface area contributed by atoms with Gasteiger partial charge in [0.1, 0.15) is 19.8 Å². The van der Waals surface area contributed by atoms with Gasteiger partial charge in [-0.05, 0) is 23.8 Å². The first-order valence-electron chi connectivity index (χ1n) is 9.69. The van der Waals surface area contributed by atoms with Crippen LogP contribution in [0.4, 0.5) is 0 Å². The summed E-state index contributed by atoms with van der Waals surface area (Å²) in [6, 6.07) is 15.9. The second kappa shape index (κ2) is 15.6. The molecule has 6 heteroatoms. The molecule has 2 aromatic carbocycles. The third-order valence-electron chi connectivity index (χ3n) is 3.59. The largest absolute Gasteiger partial charge is 0.458 e. The first-order valence-corrected chi connectivity index (χ1v) is 9.69. The molecule has 166 valence electrons. The lowest BCUT2D eigenvalue weighted by Crippen LogP contribution is -2.14. The molecule has 32 heavy (non-hydrogen) atoms. The van der Waals surface area contributed by atoms with Crippen LogP contribution in [0, 0.1) is 0 Å². The van der Waals surface area contributed by atoms with E-state index in [2.05, 4.69) is 19.7 Å². The van der Waals surface area contributed by atoms with Crippen LogP contribution in [0.3, 0.4) is 0 Å². The molecule has 0 aliphatic rings. The molecule has 0 heterocycles. The van der Waals surface area contributed by atoms with E-state index in [9.17, 15) is 14.4 Å². The Morgan fingerprint density at radius 2 is 1.09 bits per heavy atom. The van der Waals surface area contributed by atoms with Crippen LogP contribution in [-0.2, 0) is 19.0 Å². The quantitative estimate of drug-likeness (QED) is 0.231. The maximum absolute atomic E-state index is 11.7. The first-order chi connectivity index (χ1) is 15.5. The van der Waals surface area contributed by atoms with Crippen LogP contribution in [0.15, 0.2) is 98.6 Å². The van der Waals surface area contributed by atoms with Crippen LogP contribution in [0.1, 0.15) is 26.3 Å². The SMILES string of the molecule is C=CCOC(=O)/C=C/c1ccccc1.C=CCOC(=O)c1ccccc1C(=O)OCC=C. The average molecular weight is 434 g/mol. The van der Waals surface area contributed by atoms with Crippen LogP contribution in [0.2, 0.25) is 0 Å². The highest BCUT2D eigenvalue weighted by molar-refractivity contribution is 6.03. The normalized spacial score (nSPS) is 9.62. The van der Waals surface area contributed by atoms with Crippen molar-refractivity contribution < 1.29 is 28.6 Å². The zero-order valence-electron chi connectivity index (χ0n) is 17.8. The van der Waals surface area contributed by atoms with Crippen molar-refractivity contribution in [1.29, 1.82) is 0 Å². The third-order valence-corrected chi connectivity index (χ3v) is 3.59. The lowest BCUT2D eigenvalue weighted by atomic mass is 10.1. The molecule has 2 aromatic rings. The Kier molecular flexibility index (Phi) is 12.6. The van der Waals surface area contributed by atoms with Crippen molar-refractivity contribution in [2.75, 3.05) is 19.8 Å². The fraction of sp³-hybridized carbons (Fsp3) is 0.115. The summed E-state index contributed by atoms with van der Waals surface area (Å²) in [5.74, 6) is -1.52. The van der Waals surface area contributed by atoms with E-state index in [-0.39, 0.29) is 36.9 Å². The Labute approximate surface area is 188 Å². The van der Waals surface area contributed by atoms with Crippen LogP contribution in [-0.4, -0.2) is 37.7 Å². The molecule has 0 N–H and O–H groups in total. The second-order valence-corrected chi connectivity index (χ2v) is 5.98. The van der Waals surface area contributed by atoms with Crippen LogP contribution < -0.4 is 0 Å². The molecule has 0 fully saturated rings. The zero-order chi connectivity index (χ0) is 23.6. The molecule has 0 aliphatic carbocycles. The van der Waals surface area contributed by atoms with E-state index in [1.807, 2.05) is 30.3 Å².